The average molecular weight is 492 g/mol. The molecule has 2 N–H and O–H groups in total. The van der Waals surface area contributed by atoms with Crippen LogP contribution in [0.25, 0.3) is 0 Å². The summed E-state index contributed by atoms with van der Waals surface area (Å²) >= 11 is 7.80. The molecule has 1 aliphatic rings. The minimum absolute atomic E-state index is 0. The van der Waals surface area contributed by atoms with Crippen LogP contribution in [-0.4, -0.2) is 37.1 Å². The molecule has 0 amide bonds. The summed E-state index contributed by atoms with van der Waals surface area (Å²) in [5.41, 5.74) is 1.18. The zero-order chi connectivity index (χ0) is 16.9. The van der Waals surface area contributed by atoms with E-state index >= 15 is 0 Å². The first-order valence-electron chi connectivity index (χ1n) is 8.03. The van der Waals surface area contributed by atoms with Crippen LogP contribution < -0.4 is 15.5 Å². The lowest BCUT2D eigenvalue weighted by Crippen LogP contribution is -2.44. The minimum Gasteiger partial charge on any atom is -0.369 e. The SMILES string of the molecule is CN=C(NCc1cnc(C)s1)NC1CCN(c2cccc(Cl)c2)C1.I. The average Bonchev–Trinajstić information content (AvgIpc) is 3.20. The number of benzene rings is 1. The van der Waals surface area contributed by atoms with E-state index in [0.29, 0.717) is 6.04 Å². The topological polar surface area (TPSA) is 52.6 Å². The van der Waals surface area contributed by atoms with Crippen molar-refractivity contribution in [3.8, 4) is 0 Å². The van der Waals surface area contributed by atoms with E-state index in [-0.39, 0.29) is 24.0 Å². The highest BCUT2D eigenvalue weighted by Crippen LogP contribution is 2.23. The molecule has 1 saturated heterocycles. The largest absolute Gasteiger partial charge is 0.369 e. The fraction of sp³-hybridized carbons (Fsp3) is 0.412. The lowest BCUT2D eigenvalue weighted by Gasteiger charge is -2.20. The van der Waals surface area contributed by atoms with Crippen LogP contribution in [0, 0.1) is 6.92 Å². The van der Waals surface area contributed by atoms with Crippen molar-refractivity contribution < 1.29 is 0 Å². The molecule has 1 aliphatic heterocycles. The smallest absolute Gasteiger partial charge is 0.191 e. The van der Waals surface area contributed by atoms with Crippen LogP contribution in [-0.2, 0) is 6.54 Å². The summed E-state index contributed by atoms with van der Waals surface area (Å²) in [5.74, 6) is 0.832. The molecule has 5 nitrogen and oxygen atoms in total. The Kier molecular flexibility index (Phi) is 7.77. The van der Waals surface area contributed by atoms with Gasteiger partial charge < -0.3 is 15.5 Å². The van der Waals surface area contributed by atoms with E-state index in [4.69, 9.17) is 11.6 Å². The second kappa shape index (κ2) is 9.59. The number of nitrogens with zero attached hydrogens (tertiary/aromatic N) is 3. The first-order chi connectivity index (χ1) is 11.6. The maximum atomic E-state index is 6.09. The number of rotatable bonds is 4. The highest BCUT2D eigenvalue weighted by atomic mass is 127. The fourth-order valence-corrected chi connectivity index (χ4v) is 3.75. The van der Waals surface area contributed by atoms with Gasteiger partial charge in [0, 0.05) is 48.0 Å². The molecule has 2 heterocycles. The molecule has 1 atom stereocenters. The van der Waals surface area contributed by atoms with Crippen molar-refractivity contribution in [2.24, 2.45) is 4.99 Å². The maximum Gasteiger partial charge on any atom is 0.191 e. The standard InChI is InChI=1S/C17H22ClN5S.HI/c1-12-20-9-16(24-12)10-21-17(19-2)22-14-6-7-23(11-14)15-5-3-4-13(18)8-15;/h3-5,8-9,14H,6-7,10-11H2,1-2H3,(H2,19,21,22);1H. The third-order valence-corrected chi connectivity index (χ3v) is 5.17. The molecule has 0 bridgehead atoms. The molecule has 8 heteroatoms. The number of halogens is 2. The Balaban J connectivity index is 0.00000225. The quantitative estimate of drug-likeness (QED) is 0.389. The molecule has 1 fully saturated rings. The Morgan fingerprint density at radius 2 is 2.32 bits per heavy atom. The zero-order valence-electron chi connectivity index (χ0n) is 14.3. The third kappa shape index (κ3) is 5.72. The van der Waals surface area contributed by atoms with Crippen LogP contribution in [0.2, 0.25) is 5.02 Å². The van der Waals surface area contributed by atoms with Crippen molar-refractivity contribution >= 4 is 58.6 Å². The summed E-state index contributed by atoms with van der Waals surface area (Å²) in [7, 11) is 1.80. The number of aryl methyl sites for hydroxylation is 1. The van der Waals surface area contributed by atoms with Gasteiger partial charge in [0.25, 0.3) is 0 Å². The number of hydrogen-bond acceptors (Lipinski definition) is 4. The van der Waals surface area contributed by atoms with Crippen molar-refractivity contribution in [1.82, 2.24) is 15.6 Å². The Morgan fingerprint density at radius 1 is 1.48 bits per heavy atom. The van der Waals surface area contributed by atoms with Crippen LogP contribution in [0.5, 0.6) is 0 Å². The Morgan fingerprint density at radius 3 is 3.00 bits per heavy atom. The molecular weight excluding hydrogens is 469 g/mol. The lowest BCUT2D eigenvalue weighted by molar-refractivity contribution is 0.649. The predicted octanol–water partition coefficient (Wildman–Crippen LogP) is 3.67. The monoisotopic (exact) mass is 491 g/mol. The molecular formula is C17H23ClIN5S. The van der Waals surface area contributed by atoms with Gasteiger partial charge in [-0.05, 0) is 31.5 Å². The van der Waals surface area contributed by atoms with Crippen molar-refractivity contribution in [3.63, 3.8) is 0 Å². The van der Waals surface area contributed by atoms with Gasteiger partial charge in [-0.2, -0.15) is 0 Å². The number of aromatic nitrogens is 1. The van der Waals surface area contributed by atoms with Crippen LogP contribution in [0.15, 0.2) is 35.5 Å². The van der Waals surface area contributed by atoms with E-state index in [9.17, 15) is 0 Å². The molecule has 1 aromatic heterocycles. The maximum absolute atomic E-state index is 6.09. The Bertz CT molecular complexity index is 721. The van der Waals surface area contributed by atoms with Crippen LogP contribution in [0.1, 0.15) is 16.3 Å². The van der Waals surface area contributed by atoms with Gasteiger partial charge >= 0.3 is 0 Å². The van der Waals surface area contributed by atoms with Gasteiger partial charge in [0.05, 0.1) is 11.6 Å². The number of guanidine groups is 1. The zero-order valence-corrected chi connectivity index (χ0v) is 18.2. The first-order valence-corrected chi connectivity index (χ1v) is 9.22. The number of nitrogens with one attached hydrogen (secondary N) is 2. The molecule has 3 rings (SSSR count). The second-order valence-electron chi connectivity index (χ2n) is 5.83. The summed E-state index contributed by atoms with van der Waals surface area (Å²) < 4.78 is 0. The number of thiazole rings is 1. The van der Waals surface area contributed by atoms with Crippen molar-refractivity contribution in [1.29, 1.82) is 0 Å². The summed E-state index contributed by atoms with van der Waals surface area (Å²) in [5, 5.41) is 8.73. The first kappa shape index (κ1) is 20.3. The molecule has 0 radical (unpaired) electrons. The highest BCUT2D eigenvalue weighted by Gasteiger charge is 2.23. The number of hydrogen-bond donors (Lipinski definition) is 2. The number of anilines is 1. The van der Waals surface area contributed by atoms with E-state index in [1.165, 1.54) is 10.6 Å². The van der Waals surface area contributed by atoms with Crippen molar-refractivity contribution in [2.45, 2.75) is 25.9 Å². The van der Waals surface area contributed by atoms with Crippen LogP contribution in [0.4, 0.5) is 5.69 Å². The third-order valence-electron chi connectivity index (χ3n) is 4.03. The molecule has 1 aromatic carbocycles. The van der Waals surface area contributed by atoms with Crippen molar-refractivity contribution in [3.05, 3.63) is 45.4 Å². The van der Waals surface area contributed by atoms with E-state index < -0.39 is 0 Å². The lowest BCUT2D eigenvalue weighted by atomic mass is 10.3. The van der Waals surface area contributed by atoms with Crippen LogP contribution in [0.3, 0.4) is 0 Å². The molecule has 25 heavy (non-hydrogen) atoms. The van der Waals surface area contributed by atoms with E-state index in [0.717, 1.165) is 42.0 Å². The molecule has 0 aliphatic carbocycles. The molecule has 136 valence electrons. The Labute approximate surface area is 174 Å². The van der Waals surface area contributed by atoms with Gasteiger partial charge in [0.15, 0.2) is 5.96 Å². The van der Waals surface area contributed by atoms with Gasteiger partial charge in [-0.15, -0.1) is 35.3 Å². The number of aliphatic imine (C=N–C) groups is 1. The second-order valence-corrected chi connectivity index (χ2v) is 7.58. The van der Waals surface area contributed by atoms with Crippen molar-refractivity contribution in [2.75, 3.05) is 25.0 Å². The van der Waals surface area contributed by atoms with E-state index in [2.05, 4.69) is 31.6 Å². The molecule has 2 aromatic rings. The van der Waals surface area contributed by atoms with E-state index in [1.54, 1.807) is 18.4 Å². The van der Waals surface area contributed by atoms with Gasteiger partial charge in [-0.3, -0.25) is 4.99 Å². The fourth-order valence-electron chi connectivity index (χ4n) is 2.83. The highest BCUT2D eigenvalue weighted by molar-refractivity contribution is 14.0. The summed E-state index contributed by atoms with van der Waals surface area (Å²) in [6.07, 6.45) is 2.99. The van der Waals surface area contributed by atoms with Gasteiger partial charge in [0.2, 0.25) is 0 Å². The normalized spacial score (nSPS) is 17.3. The summed E-state index contributed by atoms with van der Waals surface area (Å²) in [6.45, 7) is 4.73. The summed E-state index contributed by atoms with van der Waals surface area (Å²) in [4.78, 5) is 12.2. The molecule has 0 saturated carbocycles. The van der Waals surface area contributed by atoms with Gasteiger partial charge in [-0.1, -0.05) is 17.7 Å². The van der Waals surface area contributed by atoms with E-state index in [1.807, 2.05) is 31.3 Å². The van der Waals surface area contributed by atoms with Gasteiger partial charge in [-0.25, -0.2) is 4.98 Å². The predicted molar refractivity (Wildman–Crippen MR) is 118 cm³/mol. The molecule has 1 unspecified atom stereocenters. The Hall–Kier alpha value is -1.06. The van der Waals surface area contributed by atoms with Crippen LogP contribution >= 0.6 is 46.9 Å². The summed E-state index contributed by atoms with van der Waals surface area (Å²) in [6, 6.07) is 8.40. The molecule has 0 spiro atoms. The minimum atomic E-state index is 0. The van der Waals surface area contributed by atoms with Gasteiger partial charge in [0.1, 0.15) is 0 Å².